The Morgan fingerprint density at radius 2 is 1.96 bits per heavy atom. The van der Waals surface area contributed by atoms with E-state index in [1.807, 2.05) is 17.8 Å². The summed E-state index contributed by atoms with van der Waals surface area (Å²) in [6.45, 7) is 2.76. The van der Waals surface area contributed by atoms with Crippen LogP contribution < -0.4 is 5.73 Å². The van der Waals surface area contributed by atoms with Crippen LogP contribution in [0.5, 0.6) is 0 Å². The van der Waals surface area contributed by atoms with Crippen LogP contribution in [0, 0.1) is 0 Å². The molecule has 0 radical (unpaired) electrons. The van der Waals surface area contributed by atoms with Crippen LogP contribution in [0.1, 0.15) is 6.92 Å². The van der Waals surface area contributed by atoms with Gasteiger partial charge in [0.25, 0.3) is 0 Å². The zero-order chi connectivity index (χ0) is 17.7. The van der Waals surface area contributed by atoms with Crippen molar-refractivity contribution >= 4 is 44.3 Å². The molecular weight excluding hydrogens is 330 g/mol. The molecule has 1 aromatic carbocycles. The van der Waals surface area contributed by atoms with Crippen molar-refractivity contribution in [3.63, 3.8) is 0 Å². The minimum absolute atomic E-state index is 0.122. The second kappa shape index (κ2) is 7.71. The number of aromatic nitrogens is 2. The van der Waals surface area contributed by atoms with E-state index in [4.69, 9.17) is 15.9 Å². The molecule has 24 heavy (non-hydrogen) atoms. The van der Waals surface area contributed by atoms with Crippen molar-refractivity contribution in [3.8, 4) is 0 Å². The summed E-state index contributed by atoms with van der Waals surface area (Å²) in [5.74, 6) is -2.51. The predicted molar refractivity (Wildman–Crippen MR) is 93.2 cm³/mol. The van der Waals surface area contributed by atoms with Crippen LogP contribution in [-0.4, -0.2) is 38.0 Å². The van der Waals surface area contributed by atoms with Gasteiger partial charge in [-0.05, 0) is 30.5 Å². The van der Waals surface area contributed by atoms with E-state index < -0.39 is 11.9 Å². The van der Waals surface area contributed by atoms with E-state index in [1.54, 1.807) is 11.3 Å². The monoisotopic (exact) mass is 347 g/mol. The van der Waals surface area contributed by atoms with Gasteiger partial charge in [0.05, 0.1) is 18.3 Å². The third kappa shape index (κ3) is 4.40. The Morgan fingerprint density at radius 1 is 1.29 bits per heavy atom. The zero-order valence-electron chi connectivity index (χ0n) is 12.9. The number of fused-ring (bicyclic) bond motifs is 3. The molecule has 0 unspecified atom stereocenters. The van der Waals surface area contributed by atoms with Crippen molar-refractivity contribution in [2.24, 2.45) is 5.73 Å². The minimum atomic E-state index is -1.26. The summed E-state index contributed by atoms with van der Waals surface area (Å²) >= 11 is 1.76. The molecule has 2 aromatic heterocycles. The Hall–Kier alpha value is -2.71. The van der Waals surface area contributed by atoms with Gasteiger partial charge in [0.1, 0.15) is 0 Å². The summed E-state index contributed by atoms with van der Waals surface area (Å²) in [6, 6.07) is 6.55. The molecule has 0 spiro atoms. The van der Waals surface area contributed by atoms with Crippen LogP contribution in [0.3, 0.4) is 0 Å². The maximum absolute atomic E-state index is 9.55. The lowest BCUT2D eigenvalue weighted by Gasteiger charge is -2.07. The number of benzene rings is 1. The molecule has 0 aliphatic heterocycles. The topological polar surface area (TPSA) is 118 Å². The van der Waals surface area contributed by atoms with E-state index >= 15 is 0 Å². The Kier molecular flexibility index (Phi) is 5.67. The maximum Gasteiger partial charge on any atom is 0.328 e. The van der Waals surface area contributed by atoms with Crippen LogP contribution in [0.2, 0.25) is 0 Å². The van der Waals surface area contributed by atoms with Crippen molar-refractivity contribution in [3.05, 3.63) is 41.9 Å². The van der Waals surface area contributed by atoms with Gasteiger partial charge in [0.15, 0.2) is 0 Å². The molecule has 7 nitrogen and oxygen atoms in total. The Labute approximate surface area is 141 Å². The second-order valence-corrected chi connectivity index (χ2v) is 6.10. The maximum atomic E-state index is 9.55. The molecule has 0 bridgehead atoms. The van der Waals surface area contributed by atoms with Crippen LogP contribution >= 0.6 is 11.3 Å². The van der Waals surface area contributed by atoms with Gasteiger partial charge in [0.2, 0.25) is 0 Å². The second-order valence-electron chi connectivity index (χ2n) is 5.15. The van der Waals surface area contributed by atoms with E-state index in [2.05, 4.69) is 28.7 Å². The number of carboxylic acid groups (broad SMARTS) is 2. The van der Waals surface area contributed by atoms with Crippen LogP contribution in [0.4, 0.5) is 0 Å². The van der Waals surface area contributed by atoms with Crippen molar-refractivity contribution in [1.29, 1.82) is 0 Å². The molecule has 0 aliphatic rings. The van der Waals surface area contributed by atoms with Gasteiger partial charge in [-0.1, -0.05) is 0 Å². The largest absolute Gasteiger partial charge is 0.478 e. The fraction of sp³-hybridized carbons (Fsp3) is 0.188. The number of carboxylic acids is 2. The Morgan fingerprint density at radius 3 is 2.54 bits per heavy atom. The predicted octanol–water partition coefficient (Wildman–Crippen LogP) is 2.31. The number of hydrogen-bond donors (Lipinski definition) is 3. The van der Waals surface area contributed by atoms with Gasteiger partial charge in [-0.3, -0.25) is 4.68 Å². The fourth-order valence-corrected chi connectivity index (χ4v) is 2.97. The van der Waals surface area contributed by atoms with E-state index in [0.29, 0.717) is 12.2 Å². The highest BCUT2D eigenvalue weighted by molar-refractivity contribution is 7.17. The van der Waals surface area contributed by atoms with Gasteiger partial charge in [-0.2, -0.15) is 5.10 Å². The molecule has 0 saturated heterocycles. The summed E-state index contributed by atoms with van der Waals surface area (Å²) in [4.78, 5) is 19.1. The molecule has 3 rings (SSSR count). The first-order valence-electron chi connectivity index (χ1n) is 7.09. The van der Waals surface area contributed by atoms with Crippen molar-refractivity contribution < 1.29 is 19.8 Å². The summed E-state index contributed by atoms with van der Waals surface area (Å²) < 4.78 is 3.31. The third-order valence-electron chi connectivity index (χ3n) is 3.06. The summed E-state index contributed by atoms with van der Waals surface area (Å²) in [6.07, 6.45) is 3.03. The first-order chi connectivity index (χ1) is 11.4. The molecule has 0 amide bonds. The standard InChI is InChI=1S/C12H13N3S.C4H4O4/c1-8(13)7-15-12-9(6-14-15)2-3-11-10(12)4-5-16-11;5-3(6)1-2-4(7)8/h2-6,8H,7,13H2,1H3;1-2H,(H,5,6)(H,7,8)/b;2-1+/t8-;/m0./s1. The normalized spacial score (nSPS) is 12.2. The molecule has 8 heteroatoms. The molecule has 0 aliphatic carbocycles. The highest BCUT2D eigenvalue weighted by atomic mass is 32.1. The molecule has 0 fully saturated rings. The van der Waals surface area contributed by atoms with E-state index in [1.165, 1.54) is 21.0 Å². The van der Waals surface area contributed by atoms with Crippen LogP contribution in [0.15, 0.2) is 41.9 Å². The average Bonchev–Trinajstić information content (AvgIpc) is 3.11. The third-order valence-corrected chi connectivity index (χ3v) is 3.94. The van der Waals surface area contributed by atoms with E-state index in [-0.39, 0.29) is 6.04 Å². The van der Waals surface area contributed by atoms with Gasteiger partial charge in [0, 0.05) is 33.7 Å². The molecule has 126 valence electrons. The summed E-state index contributed by atoms with van der Waals surface area (Å²) in [5.41, 5.74) is 7.04. The number of carbonyl (C=O) groups is 2. The van der Waals surface area contributed by atoms with Gasteiger partial charge < -0.3 is 15.9 Å². The molecule has 3 aromatic rings. The van der Waals surface area contributed by atoms with Crippen LogP contribution in [0.25, 0.3) is 21.0 Å². The van der Waals surface area contributed by atoms with Crippen molar-refractivity contribution in [1.82, 2.24) is 9.78 Å². The Balaban J connectivity index is 0.000000224. The van der Waals surface area contributed by atoms with Crippen LogP contribution in [-0.2, 0) is 16.1 Å². The lowest BCUT2D eigenvalue weighted by molar-refractivity contribution is -0.134. The van der Waals surface area contributed by atoms with Crippen molar-refractivity contribution in [2.45, 2.75) is 19.5 Å². The minimum Gasteiger partial charge on any atom is -0.478 e. The number of nitrogens with zero attached hydrogens (tertiary/aromatic N) is 2. The van der Waals surface area contributed by atoms with E-state index in [9.17, 15) is 9.59 Å². The SMILES string of the molecule is C[C@H](N)Cn1ncc2ccc3sccc3c21.O=C(O)/C=C/C(=O)O. The Bertz CT molecular complexity index is 879. The number of nitrogens with two attached hydrogens (primary N) is 1. The molecule has 0 saturated carbocycles. The first-order valence-corrected chi connectivity index (χ1v) is 7.97. The fourth-order valence-electron chi connectivity index (χ4n) is 2.18. The lowest BCUT2D eigenvalue weighted by atomic mass is 10.2. The van der Waals surface area contributed by atoms with Gasteiger partial charge in [-0.25, -0.2) is 9.59 Å². The lowest BCUT2D eigenvalue weighted by Crippen LogP contribution is -2.22. The first kappa shape index (κ1) is 17.6. The molecule has 2 heterocycles. The number of rotatable bonds is 4. The highest BCUT2D eigenvalue weighted by Crippen LogP contribution is 2.28. The highest BCUT2D eigenvalue weighted by Gasteiger charge is 2.08. The van der Waals surface area contributed by atoms with Gasteiger partial charge >= 0.3 is 11.9 Å². The quantitative estimate of drug-likeness (QED) is 0.623. The van der Waals surface area contributed by atoms with Gasteiger partial charge in [-0.15, -0.1) is 11.3 Å². The smallest absolute Gasteiger partial charge is 0.328 e. The van der Waals surface area contributed by atoms with E-state index in [0.717, 1.165) is 6.54 Å². The molecule has 1 atom stereocenters. The number of thiophene rings is 1. The molecule has 4 N–H and O–H groups in total. The summed E-state index contributed by atoms with van der Waals surface area (Å²) in [5, 5.41) is 24.6. The average molecular weight is 347 g/mol. The summed E-state index contributed by atoms with van der Waals surface area (Å²) in [7, 11) is 0. The number of hydrogen-bond acceptors (Lipinski definition) is 5. The molecular formula is C16H17N3O4S. The zero-order valence-corrected chi connectivity index (χ0v) is 13.7. The van der Waals surface area contributed by atoms with Crippen molar-refractivity contribution in [2.75, 3.05) is 0 Å². The number of aliphatic carboxylic acids is 2.